The number of hydrogen-bond donors (Lipinski definition) is 0. The molecule has 2 aromatic rings. The van der Waals surface area contributed by atoms with Crippen molar-refractivity contribution in [2.75, 3.05) is 11.4 Å². The zero-order valence-electron chi connectivity index (χ0n) is 14.1. The smallest absolute Gasteiger partial charge is 0.714 e. The van der Waals surface area contributed by atoms with Gasteiger partial charge in [-0.3, -0.25) is 9.08 Å². The summed E-state index contributed by atoms with van der Waals surface area (Å²) in [4.78, 5) is 14.3. The molecule has 0 aromatic heterocycles. The van der Waals surface area contributed by atoms with E-state index < -0.39 is 10.4 Å². The van der Waals surface area contributed by atoms with Gasteiger partial charge < -0.3 is 9.45 Å². The first kappa shape index (κ1) is 22.8. The van der Waals surface area contributed by atoms with Crippen LogP contribution in [0, 0.1) is 0 Å². The first-order valence-corrected chi connectivity index (χ1v) is 9.42. The molecular formula is C16H11Cl2KN2O5S. The second-order valence-electron chi connectivity index (χ2n) is 5.40. The molecule has 1 heterocycles. The summed E-state index contributed by atoms with van der Waals surface area (Å²) in [6.07, 6.45) is 0.183. The van der Waals surface area contributed by atoms with Crippen LogP contribution in [0.2, 0.25) is 10.0 Å². The Morgan fingerprint density at radius 1 is 1.11 bits per heavy atom. The van der Waals surface area contributed by atoms with Gasteiger partial charge in [0.05, 0.1) is 11.4 Å². The molecule has 0 bridgehead atoms. The van der Waals surface area contributed by atoms with Crippen molar-refractivity contribution < 1.29 is 73.4 Å². The summed E-state index contributed by atoms with van der Waals surface area (Å²) >= 11 is 11.8. The van der Waals surface area contributed by atoms with E-state index in [9.17, 15) is 17.8 Å². The third-order valence-electron chi connectivity index (χ3n) is 3.71. The molecule has 0 unspecified atom stereocenters. The van der Waals surface area contributed by atoms with Crippen LogP contribution in [0.4, 0.5) is 5.69 Å². The van der Waals surface area contributed by atoms with Crippen LogP contribution in [-0.4, -0.2) is 31.1 Å². The van der Waals surface area contributed by atoms with E-state index in [-0.39, 0.29) is 76.0 Å². The Bertz CT molecular complexity index is 996. The summed E-state index contributed by atoms with van der Waals surface area (Å²) in [5.41, 5.74) is 1.54. The zero-order valence-corrected chi connectivity index (χ0v) is 19.5. The largest absolute Gasteiger partial charge is 1.00 e. The third-order valence-corrected chi connectivity index (χ3v) is 4.45. The van der Waals surface area contributed by atoms with Gasteiger partial charge in [0.25, 0.3) is 16.3 Å². The molecule has 0 radical (unpaired) electrons. The summed E-state index contributed by atoms with van der Waals surface area (Å²) in [5, 5.41) is 4.29. The first-order valence-electron chi connectivity index (χ1n) is 7.33. The van der Waals surface area contributed by atoms with Gasteiger partial charge in [-0.2, -0.15) is 8.42 Å². The van der Waals surface area contributed by atoms with Gasteiger partial charge in [0.1, 0.15) is 0 Å². The average Bonchev–Trinajstić information content (AvgIpc) is 2.59. The van der Waals surface area contributed by atoms with Crippen LogP contribution in [0.25, 0.3) is 0 Å². The number of nitrogens with zero attached hydrogens (tertiary/aromatic N) is 2. The molecule has 0 spiro atoms. The molecule has 2 aromatic carbocycles. The van der Waals surface area contributed by atoms with Crippen molar-refractivity contribution in [1.82, 2.24) is 0 Å². The summed E-state index contributed by atoms with van der Waals surface area (Å²) < 4.78 is 36.0. The second kappa shape index (κ2) is 9.34. The predicted molar refractivity (Wildman–Crippen MR) is 96.5 cm³/mol. The normalized spacial score (nSPS) is 15.1. The molecule has 1 amide bonds. The van der Waals surface area contributed by atoms with Crippen molar-refractivity contribution in [2.45, 2.75) is 6.42 Å². The number of carbonyl (C=O) groups excluding carboxylic acids is 1. The number of halogens is 2. The van der Waals surface area contributed by atoms with Crippen LogP contribution in [0.5, 0.6) is 0 Å². The van der Waals surface area contributed by atoms with Crippen molar-refractivity contribution in [3.63, 3.8) is 0 Å². The maximum absolute atomic E-state index is 12.8. The van der Waals surface area contributed by atoms with Gasteiger partial charge in [0.15, 0.2) is 0 Å². The monoisotopic (exact) mass is 452 g/mol. The number of benzene rings is 2. The fourth-order valence-electron chi connectivity index (χ4n) is 2.59. The molecule has 1 aliphatic heterocycles. The Hall–Kier alpha value is -0.494. The molecular weight excluding hydrogens is 442 g/mol. The minimum Gasteiger partial charge on any atom is -0.714 e. The number of carbonyl (C=O) groups is 1. The predicted octanol–water partition coefficient (Wildman–Crippen LogP) is 0.229. The molecule has 1 aliphatic rings. The molecule has 27 heavy (non-hydrogen) atoms. The van der Waals surface area contributed by atoms with Crippen LogP contribution >= 0.6 is 23.2 Å². The minimum absolute atomic E-state index is 0. The van der Waals surface area contributed by atoms with Crippen molar-refractivity contribution in [3.05, 3.63) is 63.6 Å². The molecule has 0 saturated heterocycles. The summed E-state index contributed by atoms with van der Waals surface area (Å²) in [7, 11) is -4.98. The molecule has 0 atom stereocenters. The average molecular weight is 453 g/mol. The van der Waals surface area contributed by atoms with Crippen molar-refractivity contribution in [1.29, 1.82) is 0 Å². The molecule has 0 fully saturated rings. The minimum atomic E-state index is -4.98. The first-order chi connectivity index (χ1) is 12.2. The quantitative estimate of drug-likeness (QED) is 0.287. The fourth-order valence-corrected chi connectivity index (χ4v) is 3.07. The van der Waals surface area contributed by atoms with E-state index in [1.807, 2.05) is 0 Å². The summed E-state index contributed by atoms with van der Waals surface area (Å²) in [6.45, 7) is 0.219. The molecule has 0 saturated carbocycles. The van der Waals surface area contributed by atoms with E-state index in [1.165, 1.54) is 11.0 Å². The number of hydrogen-bond acceptors (Lipinski definition) is 6. The van der Waals surface area contributed by atoms with E-state index in [0.717, 1.165) is 0 Å². The third kappa shape index (κ3) is 5.75. The summed E-state index contributed by atoms with van der Waals surface area (Å²) in [6, 6.07) is 11.2. The van der Waals surface area contributed by atoms with Gasteiger partial charge in [-0.1, -0.05) is 28.4 Å². The summed E-state index contributed by atoms with van der Waals surface area (Å²) in [5.74, 6) is -0.262. The Balaban J connectivity index is 0.00000261. The Morgan fingerprint density at radius 2 is 1.74 bits per heavy atom. The van der Waals surface area contributed by atoms with Crippen LogP contribution in [0.1, 0.15) is 22.3 Å². The Labute approximate surface area is 208 Å². The molecule has 0 N–H and O–H groups in total. The SMILES string of the molecule is O=C(c1ccc(Cl)cc1)N1CC/C(=N\OS(=O)(=O)[O-])c2cc(Cl)ccc21.[K+]. The molecule has 11 heteroatoms. The maximum atomic E-state index is 12.8. The van der Waals surface area contributed by atoms with E-state index in [1.54, 1.807) is 36.4 Å². The van der Waals surface area contributed by atoms with Gasteiger partial charge in [0, 0.05) is 34.1 Å². The van der Waals surface area contributed by atoms with Gasteiger partial charge in [-0.05, 0) is 42.5 Å². The van der Waals surface area contributed by atoms with Gasteiger partial charge in [0.2, 0.25) is 0 Å². The van der Waals surface area contributed by atoms with E-state index in [0.29, 0.717) is 26.9 Å². The molecule has 7 nitrogen and oxygen atoms in total. The van der Waals surface area contributed by atoms with Crippen LogP contribution in [-0.2, 0) is 14.7 Å². The van der Waals surface area contributed by atoms with Crippen molar-refractivity contribution >= 4 is 50.9 Å². The number of rotatable bonds is 3. The molecule has 3 rings (SSSR count). The van der Waals surface area contributed by atoms with E-state index in [4.69, 9.17) is 23.2 Å². The van der Waals surface area contributed by atoms with Crippen molar-refractivity contribution in [3.8, 4) is 0 Å². The number of oxime groups is 1. The van der Waals surface area contributed by atoms with Gasteiger partial charge in [-0.25, -0.2) is 0 Å². The van der Waals surface area contributed by atoms with E-state index in [2.05, 4.69) is 9.44 Å². The van der Waals surface area contributed by atoms with Crippen LogP contribution in [0.15, 0.2) is 47.6 Å². The standard InChI is InChI=1S/C16H12Cl2N2O5S.K/c17-11-3-1-10(2-4-11)16(21)20-8-7-14(19-25-26(22,23)24)13-9-12(18)5-6-15(13)20;/h1-6,9H,7-8H2,(H,22,23,24);/q;+1/p-1/b19-14+;. The van der Waals surface area contributed by atoms with Gasteiger partial charge >= 0.3 is 51.4 Å². The maximum Gasteiger partial charge on any atom is 1.00 e. The Morgan fingerprint density at radius 3 is 2.37 bits per heavy atom. The number of amides is 1. The fraction of sp³-hybridized carbons (Fsp3) is 0.125. The number of fused-ring (bicyclic) bond motifs is 1. The van der Waals surface area contributed by atoms with Crippen LogP contribution in [0.3, 0.4) is 0 Å². The van der Waals surface area contributed by atoms with Gasteiger partial charge in [-0.15, -0.1) is 0 Å². The Kier molecular flexibility index (Phi) is 7.88. The van der Waals surface area contributed by atoms with Crippen molar-refractivity contribution in [2.24, 2.45) is 5.16 Å². The molecule has 0 aliphatic carbocycles. The zero-order chi connectivity index (χ0) is 18.9. The molecule has 136 valence electrons. The second-order valence-corrected chi connectivity index (χ2v) is 7.23. The topological polar surface area (TPSA) is 99.1 Å². The van der Waals surface area contributed by atoms with E-state index >= 15 is 0 Å². The number of anilines is 1. The van der Waals surface area contributed by atoms with Crippen LogP contribution < -0.4 is 56.3 Å².